The Morgan fingerprint density at radius 2 is 0.736 bits per heavy atom. The smallest absolute Gasteiger partial charge is 0.144 e. The van der Waals surface area contributed by atoms with E-state index in [0.29, 0.717) is 16.2 Å². The van der Waals surface area contributed by atoms with Crippen molar-refractivity contribution in [2.75, 3.05) is 0 Å². The van der Waals surface area contributed by atoms with Crippen LogP contribution in [0.1, 0.15) is 138 Å². The monoisotopic (exact) mass is 796 g/mol. The normalized spacial score (nSPS) is 10.4. The summed E-state index contributed by atoms with van der Waals surface area (Å²) in [4.78, 5) is 0. The van der Waals surface area contributed by atoms with E-state index in [-0.39, 0.29) is 56.8 Å². The van der Waals surface area contributed by atoms with E-state index in [1.807, 2.05) is 76.2 Å². The van der Waals surface area contributed by atoms with Gasteiger partial charge in [0.25, 0.3) is 0 Å². The van der Waals surface area contributed by atoms with Gasteiger partial charge in [-0.2, -0.15) is 48.5 Å². The van der Waals surface area contributed by atoms with Crippen molar-refractivity contribution in [2.45, 2.75) is 145 Å². The van der Waals surface area contributed by atoms with Crippen LogP contribution in [0.25, 0.3) is 32.9 Å². The van der Waals surface area contributed by atoms with Crippen molar-refractivity contribution in [1.29, 1.82) is 0 Å². The van der Waals surface area contributed by atoms with Gasteiger partial charge in [0.05, 0.1) is 0 Å². The summed E-state index contributed by atoms with van der Waals surface area (Å²) in [5.41, 5.74) is 6.70. The maximum atomic E-state index is 3.15. The molecule has 4 heteroatoms. The topological polar surface area (TPSA) is 4.93 Å². The second kappa shape index (κ2) is 33.4. The van der Waals surface area contributed by atoms with Gasteiger partial charge in [0.2, 0.25) is 0 Å². The predicted molar refractivity (Wildman–Crippen MR) is 243 cm³/mol. The third kappa shape index (κ3) is 35.3. The zero-order valence-corrected chi connectivity index (χ0v) is 48.5. The Bertz CT molecular complexity index is 1410. The van der Waals surface area contributed by atoms with Crippen LogP contribution in [-0.4, -0.2) is 67.7 Å². The van der Waals surface area contributed by atoms with E-state index in [4.69, 9.17) is 0 Å². The largest absolute Gasteiger partial charge is 0.226 e. The molecular formula is C49H77K3N-. The fourth-order valence-corrected chi connectivity index (χ4v) is 3.77. The van der Waals surface area contributed by atoms with Gasteiger partial charge in [0.1, 0.15) is 0 Å². The zero-order valence-electron chi connectivity index (χ0n) is 39.1. The Morgan fingerprint density at radius 1 is 0.472 bits per heavy atom. The van der Waals surface area contributed by atoms with Gasteiger partial charge in [-0.15, -0.1) is 12.1 Å². The number of para-hydroxylation sites is 2. The molecule has 0 unspecified atom stereocenters. The van der Waals surface area contributed by atoms with Crippen molar-refractivity contribution in [3.63, 3.8) is 0 Å². The number of rotatable bonds is 2. The van der Waals surface area contributed by atoms with E-state index >= 15 is 0 Å². The number of hydrogen-bond acceptors (Lipinski definition) is 0. The molecule has 0 bridgehead atoms. The molecule has 0 N–H and O–H groups in total. The number of aromatic nitrogens is 1. The van der Waals surface area contributed by atoms with E-state index in [1.165, 1.54) is 91.4 Å². The van der Waals surface area contributed by atoms with Crippen molar-refractivity contribution in [3.05, 3.63) is 109 Å². The molecule has 0 aliphatic carbocycles. The Labute approximate surface area is 419 Å². The minimum atomic E-state index is 0. The molecule has 5 aromatic rings. The molecule has 4 aromatic carbocycles. The molecule has 0 saturated heterocycles. The van der Waals surface area contributed by atoms with Crippen LogP contribution in [0.3, 0.4) is 0 Å². The molecule has 1 nitrogen and oxygen atoms in total. The van der Waals surface area contributed by atoms with E-state index in [9.17, 15) is 0 Å². The van der Waals surface area contributed by atoms with Gasteiger partial charge >= 0.3 is 115 Å². The van der Waals surface area contributed by atoms with Crippen LogP contribution >= 0.6 is 0 Å². The van der Waals surface area contributed by atoms with Gasteiger partial charge in [-0.3, -0.25) is 0 Å². The molecule has 282 valence electrons. The molecule has 0 spiro atoms. The average Bonchev–Trinajstić information content (AvgIpc) is 3.39. The van der Waals surface area contributed by atoms with Gasteiger partial charge in [0, 0.05) is 28.4 Å². The number of hydrogen-bond donors (Lipinski definition) is 0. The minimum absolute atomic E-state index is 0. The molecule has 1 aromatic heterocycles. The predicted octanol–water partition coefficient (Wildman–Crippen LogP) is 12.6. The van der Waals surface area contributed by atoms with Crippen LogP contribution in [-0.2, 0) is 6.54 Å². The molecule has 0 amide bonds. The van der Waals surface area contributed by atoms with Crippen molar-refractivity contribution in [3.8, 4) is 11.1 Å². The minimum Gasteiger partial charge on any atom is -0.226 e. The van der Waals surface area contributed by atoms with Crippen molar-refractivity contribution < 1.29 is 51.4 Å². The molecule has 0 fully saturated rings. The summed E-state index contributed by atoms with van der Waals surface area (Å²) in [5, 5.41) is 2.72. The van der Waals surface area contributed by atoms with Crippen molar-refractivity contribution in [2.24, 2.45) is 21.7 Å². The second-order valence-corrected chi connectivity index (χ2v) is 17.6. The maximum absolute atomic E-state index is 3.15. The maximum Gasteiger partial charge on any atom is -0.144 e. The summed E-state index contributed by atoms with van der Waals surface area (Å²) in [5.74, 6) is 0. The van der Waals surface area contributed by atoms with Crippen LogP contribution in [0.2, 0.25) is 0 Å². The summed E-state index contributed by atoms with van der Waals surface area (Å²) in [6.45, 7) is 42.3. The Morgan fingerprint density at radius 3 is 0.962 bits per heavy atom. The van der Waals surface area contributed by atoms with E-state index in [2.05, 4.69) is 169 Å². The molecule has 53 heavy (non-hydrogen) atoms. The second-order valence-electron chi connectivity index (χ2n) is 17.6. The molecule has 0 saturated carbocycles. The zero-order chi connectivity index (χ0) is 41.2. The van der Waals surface area contributed by atoms with E-state index in [0.717, 1.165) is 17.7 Å². The summed E-state index contributed by atoms with van der Waals surface area (Å²) in [6, 6.07) is 39.5. The van der Waals surface area contributed by atoms with Gasteiger partial charge in [-0.25, -0.2) is 11.1 Å². The molecule has 0 radical (unpaired) electrons. The Kier molecular flexibility index (Phi) is 38.6. The Hall–Kier alpha value is 1.59. The van der Waals surface area contributed by atoms with Crippen LogP contribution in [0, 0.1) is 33.8 Å². The number of benzene rings is 4. The molecule has 0 atom stereocenters. The summed E-state index contributed by atoms with van der Waals surface area (Å²) in [6.07, 6.45) is 1.27. The first-order chi connectivity index (χ1) is 24.1. The first-order valence-electron chi connectivity index (χ1n) is 20.0. The molecule has 0 aliphatic heterocycles. The fourth-order valence-electron chi connectivity index (χ4n) is 3.77. The van der Waals surface area contributed by atoms with Gasteiger partial charge in [-0.1, -0.05) is 174 Å². The Balaban J connectivity index is -0.000000299. The third-order valence-electron chi connectivity index (χ3n) is 6.08. The van der Waals surface area contributed by atoms with Crippen LogP contribution < -0.4 is 51.4 Å². The van der Waals surface area contributed by atoms with Crippen molar-refractivity contribution in [1.82, 2.24) is 4.57 Å². The molecule has 5 rings (SSSR count). The average molecular weight is 797 g/mol. The van der Waals surface area contributed by atoms with Gasteiger partial charge in [-0.05, 0) is 33.8 Å². The summed E-state index contributed by atoms with van der Waals surface area (Å²) in [7, 11) is 0. The third-order valence-corrected chi connectivity index (χ3v) is 6.08. The summed E-state index contributed by atoms with van der Waals surface area (Å²) < 4.78 is 2.45. The van der Waals surface area contributed by atoms with Crippen LogP contribution in [0.4, 0.5) is 0 Å². The standard InChI is InChI=1S/C17H19N.C12H8.C6H14.2C5H12.2C2H6.3K/c1-17(2,3)12-18-15-10-6-4-8-13(15)14-9-5-7-11-16(14)18;1-3-7-11(8-4-1)12-9-5-2-6-10-12;1-5-6(2,3)4;2*1-5(2,3)4;2*1-2;;;/h4-11H,12H2,1-3H3;1-7,9H;5H2,1-4H3;2*1-4H3;2*1-2H3;;;/q;-2;;;;;;;;+1. The summed E-state index contributed by atoms with van der Waals surface area (Å²) >= 11 is 2.50. The molecule has 1 heterocycles. The van der Waals surface area contributed by atoms with E-state index < -0.39 is 0 Å². The first kappa shape index (κ1) is 61.3. The molecular weight excluding hydrogens is 720 g/mol. The SMILES string of the molecule is CC.CC.CC(C)(C)C.CC(C)(C)C.CC(C)(C)Cn1c2ccccc2c2ccccc21.CCC(C)(C)C.[K+].[K][K].[c-]1ccccc1-c1[c-]cccc1. The van der Waals surface area contributed by atoms with Gasteiger partial charge in [0.15, 0.2) is 0 Å². The van der Waals surface area contributed by atoms with Crippen molar-refractivity contribution >= 4 is 85.0 Å². The first-order valence-corrected chi connectivity index (χ1v) is 36.0. The van der Waals surface area contributed by atoms with Gasteiger partial charge < -0.3 is 4.57 Å². The number of nitrogens with zero attached hydrogens (tertiary/aromatic N) is 1. The number of fused-ring (bicyclic) bond motifs is 3. The fraction of sp³-hybridized carbons (Fsp3) is 0.510. The molecule has 0 aliphatic rings. The quantitative estimate of drug-likeness (QED) is 0.124. The van der Waals surface area contributed by atoms with E-state index in [1.54, 1.807) is 0 Å². The van der Waals surface area contributed by atoms with Crippen LogP contribution in [0.5, 0.6) is 0 Å². The van der Waals surface area contributed by atoms with Crippen LogP contribution in [0.15, 0.2) is 97.1 Å².